The van der Waals surface area contributed by atoms with E-state index in [1.807, 2.05) is 6.92 Å². The van der Waals surface area contributed by atoms with E-state index in [0.717, 1.165) is 18.6 Å². The zero-order valence-electron chi connectivity index (χ0n) is 10.8. The number of halogens is 2. The summed E-state index contributed by atoms with van der Waals surface area (Å²) in [4.78, 5) is 11.5. The molecule has 0 N–H and O–H groups in total. The maximum atomic E-state index is 11.7. The van der Waals surface area contributed by atoms with Gasteiger partial charge in [0, 0.05) is 22.3 Å². The third kappa shape index (κ3) is 5.66. The molecule has 5 nitrogen and oxygen atoms in total. The Morgan fingerprint density at radius 1 is 1.20 bits per heavy atom. The lowest BCUT2D eigenvalue weighted by Gasteiger charge is -2.07. The molecule has 1 rings (SSSR count). The largest absolute Gasteiger partial charge is 0.460 e. The SMILES string of the molecule is CCCOCCOC(=O)c1cc(Cl)cc(S(=O)(=O)Cl)c1. The predicted molar refractivity (Wildman–Crippen MR) is 75.9 cm³/mol. The van der Waals surface area contributed by atoms with Gasteiger partial charge in [0.25, 0.3) is 9.05 Å². The molecule has 0 spiro atoms. The number of esters is 1. The predicted octanol–water partition coefficient (Wildman–Crippen LogP) is 2.85. The molecule has 0 aliphatic heterocycles. The number of ether oxygens (including phenoxy) is 2. The Labute approximate surface area is 127 Å². The van der Waals surface area contributed by atoms with E-state index < -0.39 is 15.0 Å². The molecule has 0 aliphatic carbocycles. The van der Waals surface area contributed by atoms with E-state index in [1.54, 1.807) is 0 Å². The first-order valence-electron chi connectivity index (χ1n) is 5.84. The molecular weight excluding hydrogens is 327 g/mol. The second-order valence-electron chi connectivity index (χ2n) is 3.86. The maximum Gasteiger partial charge on any atom is 0.338 e. The minimum atomic E-state index is -3.96. The van der Waals surface area contributed by atoms with Crippen LogP contribution < -0.4 is 0 Å². The Morgan fingerprint density at radius 3 is 2.50 bits per heavy atom. The molecule has 1 aromatic rings. The fourth-order valence-corrected chi connectivity index (χ4v) is 2.45. The number of carbonyl (C=O) groups excluding carboxylic acids is 1. The van der Waals surface area contributed by atoms with Crippen molar-refractivity contribution in [1.82, 2.24) is 0 Å². The maximum absolute atomic E-state index is 11.7. The topological polar surface area (TPSA) is 69.7 Å². The molecular formula is C12H14Cl2O5S. The number of benzene rings is 1. The van der Waals surface area contributed by atoms with Gasteiger partial charge in [-0.1, -0.05) is 18.5 Å². The van der Waals surface area contributed by atoms with Gasteiger partial charge in [0.1, 0.15) is 6.61 Å². The summed E-state index contributed by atoms with van der Waals surface area (Å²) in [5.41, 5.74) is 0.0206. The average molecular weight is 341 g/mol. The molecule has 0 bridgehead atoms. The van der Waals surface area contributed by atoms with Gasteiger partial charge in [-0.3, -0.25) is 0 Å². The molecule has 0 aromatic heterocycles. The van der Waals surface area contributed by atoms with Crippen LogP contribution >= 0.6 is 22.3 Å². The van der Waals surface area contributed by atoms with Gasteiger partial charge < -0.3 is 9.47 Å². The summed E-state index contributed by atoms with van der Waals surface area (Å²) in [6.45, 7) is 2.91. The highest BCUT2D eigenvalue weighted by Crippen LogP contribution is 2.22. The molecule has 0 saturated heterocycles. The van der Waals surface area contributed by atoms with Gasteiger partial charge in [-0.25, -0.2) is 13.2 Å². The van der Waals surface area contributed by atoms with Crippen molar-refractivity contribution in [2.24, 2.45) is 0 Å². The Morgan fingerprint density at radius 2 is 1.90 bits per heavy atom. The molecule has 0 heterocycles. The molecule has 0 saturated carbocycles. The highest BCUT2D eigenvalue weighted by molar-refractivity contribution is 8.13. The monoisotopic (exact) mass is 340 g/mol. The summed E-state index contributed by atoms with van der Waals surface area (Å²) in [7, 11) is 1.25. The smallest absolute Gasteiger partial charge is 0.338 e. The lowest BCUT2D eigenvalue weighted by Crippen LogP contribution is -2.11. The van der Waals surface area contributed by atoms with Crippen molar-refractivity contribution < 1.29 is 22.7 Å². The van der Waals surface area contributed by atoms with Gasteiger partial charge in [-0.15, -0.1) is 0 Å². The quantitative estimate of drug-likeness (QED) is 0.433. The van der Waals surface area contributed by atoms with Crippen molar-refractivity contribution in [2.75, 3.05) is 19.8 Å². The Balaban J connectivity index is 2.71. The van der Waals surface area contributed by atoms with Crippen LogP contribution in [0.4, 0.5) is 0 Å². The van der Waals surface area contributed by atoms with Crippen molar-refractivity contribution in [2.45, 2.75) is 18.2 Å². The zero-order chi connectivity index (χ0) is 15.2. The first-order valence-corrected chi connectivity index (χ1v) is 8.53. The lowest BCUT2D eigenvalue weighted by molar-refractivity contribution is 0.0318. The standard InChI is InChI=1S/C12H14Cl2O5S/c1-2-3-18-4-5-19-12(15)9-6-10(13)8-11(7-9)20(14,16)17/h6-8H,2-5H2,1H3. The highest BCUT2D eigenvalue weighted by Gasteiger charge is 2.16. The van der Waals surface area contributed by atoms with E-state index >= 15 is 0 Å². The first-order chi connectivity index (χ1) is 9.34. The van der Waals surface area contributed by atoms with Crippen molar-refractivity contribution in [1.29, 1.82) is 0 Å². The van der Waals surface area contributed by atoms with E-state index in [0.29, 0.717) is 6.61 Å². The molecule has 20 heavy (non-hydrogen) atoms. The second kappa shape index (κ2) is 7.83. The molecule has 0 atom stereocenters. The van der Waals surface area contributed by atoms with E-state index in [4.69, 9.17) is 31.8 Å². The van der Waals surface area contributed by atoms with Gasteiger partial charge in [0.2, 0.25) is 0 Å². The van der Waals surface area contributed by atoms with Crippen LogP contribution in [0.2, 0.25) is 5.02 Å². The Bertz CT molecular complexity index is 571. The third-order valence-corrected chi connectivity index (χ3v) is 3.75. The molecule has 0 amide bonds. The summed E-state index contributed by atoms with van der Waals surface area (Å²) in [6.07, 6.45) is 0.874. The Kier molecular flexibility index (Phi) is 6.75. The van der Waals surface area contributed by atoms with Gasteiger partial charge >= 0.3 is 5.97 Å². The Hall–Kier alpha value is -0.820. The van der Waals surface area contributed by atoms with E-state index in [-0.39, 0.29) is 28.7 Å². The van der Waals surface area contributed by atoms with Crippen LogP contribution in [0.25, 0.3) is 0 Å². The van der Waals surface area contributed by atoms with E-state index in [2.05, 4.69) is 0 Å². The van der Waals surface area contributed by atoms with Gasteiger partial charge in [-0.05, 0) is 24.6 Å². The highest BCUT2D eigenvalue weighted by atomic mass is 35.7. The van der Waals surface area contributed by atoms with E-state index in [9.17, 15) is 13.2 Å². The molecule has 0 fully saturated rings. The fraction of sp³-hybridized carbons (Fsp3) is 0.417. The second-order valence-corrected chi connectivity index (χ2v) is 6.86. The summed E-state index contributed by atoms with van der Waals surface area (Å²) in [6, 6.07) is 3.58. The summed E-state index contributed by atoms with van der Waals surface area (Å²) >= 11 is 5.75. The van der Waals surface area contributed by atoms with Crippen LogP contribution in [-0.2, 0) is 18.5 Å². The first kappa shape index (κ1) is 17.2. The number of rotatable bonds is 7. The van der Waals surface area contributed by atoms with Crippen LogP contribution in [0.1, 0.15) is 23.7 Å². The van der Waals surface area contributed by atoms with Crippen molar-refractivity contribution >= 4 is 37.3 Å². The molecule has 0 unspecified atom stereocenters. The normalized spacial score (nSPS) is 11.3. The van der Waals surface area contributed by atoms with Crippen LogP contribution in [0, 0.1) is 0 Å². The minimum Gasteiger partial charge on any atom is -0.460 e. The van der Waals surface area contributed by atoms with Crippen LogP contribution in [0.3, 0.4) is 0 Å². The molecule has 8 heteroatoms. The van der Waals surface area contributed by atoms with E-state index in [1.165, 1.54) is 6.07 Å². The van der Waals surface area contributed by atoms with Crippen molar-refractivity contribution in [3.8, 4) is 0 Å². The molecule has 112 valence electrons. The summed E-state index contributed by atoms with van der Waals surface area (Å²) < 4.78 is 32.5. The third-order valence-electron chi connectivity index (χ3n) is 2.20. The number of hydrogen-bond donors (Lipinski definition) is 0. The summed E-state index contributed by atoms with van der Waals surface area (Å²) in [5, 5.41) is 0.0842. The van der Waals surface area contributed by atoms with Crippen LogP contribution in [-0.4, -0.2) is 34.2 Å². The number of hydrogen-bond acceptors (Lipinski definition) is 5. The van der Waals surface area contributed by atoms with Crippen LogP contribution in [0.5, 0.6) is 0 Å². The van der Waals surface area contributed by atoms with Gasteiger partial charge in [-0.2, -0.15) is 0 Å². The lowest BCUT2D eigenvalue weighted by atomic mass is 10.2. The fourth-order valence-electron chi connectivity index (χ4n) is 1.34. The zero-order valence-corrected chi connectivity index (χ0v) is 13.1. The van der Waals surface area contributed by atoms with Crippen molar-refractivity contribution in [3.05, 3.63) is 28.8 Å². The minimum absolute atomic E-state index is 0.0206. The average Bonchev–Trinajstić information content (AvgIpc) is 2.36. The van der Waals surface area contributed by atoms with Crippen molar-refractivity contribution in [3.63, 3.8) is 0 Å². The molecule has 0 aliphatic rings. The van der Waals surface area contributed by atoms with Crippen LogP contribution in [0.15, 0.2) is 23.1 Å². The molecule has 0 radical (unpaired) electrons. The summed E-state index contributed by atoms with van der Waals surface area (Å²) in [5.74, 6) is -0.686. The van der Waals surface area contributed by atoms with Gasteiger partial charge in [0.05, 0.1) is 17.1 Å². The number of carbonyl (C=O) groups is 1. The molecule has 1 aromatic carbocycles. The van der Waals surface area contributed by atoms with Gasteiger partial charge in [0.15, 0.2) is 0 Å².